The summed E-state index contributed by atoms with van der Waals surface area (Å²) in [7, 11) is 0. The molecule has 0 aromatic heterocycles. The van der Waals surface area contributed by atoms with Crippen molar-refractivity contribution in [3.05, 3.63) is 29.3 Å². The summed E-state index contributed by atoms with van der Waals surface area (Å²) < 4.78 is 0. The molecular formula is C16H25ClN2. The molecule has 2 nitrogen and oxygen atoms in total. The van der Waals surface area contributed by atoms with Crippen LogP contribution in [0.1, 0.15) is 40.0 Å². The van der Waals surface area contributed by atoms with E-state index in [1.807, 2.05) is 18.2 Å². The van der Waals surface area contributed by atoms with Gasteiger partial charge in [-0.25, -0.2) is 0 Å². The maximum Gasteiger partial charge on any atom is 0.0503 e. The quantitative estimate of drug-likeness (QED) is 0.866. The highest BCUT2D eigenvalue weighted by molar-refractivity contribution is 6.30. The van der Waals surface area contributed by atoms with E-state index in [1.54, 1.807) is 0 Å². The third kappa shape index (κ3) is 3.64. The smallest absolute Gasteiger partial charge is 0.0503 e. The van der Waals surface area contributed by atoms with Gasteiger partial charge in [0.25, 0.3) is 0 Å². The molecule has 3 heteroatoms. The first-order valence-electron chi connectivity index (χ1n) is 7.08. The zero-order valence-electron chi connectivity index (χ0n) is 12.2. The summed E-state index contributed by atoms with van der Waals surface area (Å²) in [5.41, 5.74) is 7.51. The fourth-order valence-electron chi connectivity index (χ4n) is 3.92. The summed E-state index contributed by atoms with van der Waals surface area (Å²) >= 11 is 6.06. The van der Waals surface area contributed by atoms with Crippen molar-refractivity contribution < 1.29 is 0 Å². The van der Waals surface area contributed by atoms with Gasteiger partial charge in [0.1, 0.15) is 0 Å². The summed E-state index contributed by atoms with van der Waals surface area (Å²) in [6, 6.07) is 7.92. The Labute approximate surface area is 121 Å². The van der Waals surface area contributed by atoms with Gasteiger partial charge in [0.15, 0.2) is 0 Å². The lowest BCUT2D eigenvalue weighted by Gasteiger charge is -2.48. The van der Waals surface area contributed by atoms with Crippen LogP contribution in [0, 0.1) is 11.3 Å². The Morgan fingerprint density at radius 3 is 2.68 bits per heavy atom. The second-order valence-corrected chi connectivity index (χ2v) is 7.41. The molecule has 1 saturated carbocycles. The van der Waals surface area contributed by atoms with Gasteiger partial charge < -0.3 is 11.1 Å². The third-order valence-corrected chi connectivity index (χ3v) is 4.32. The van der Waals surface area contributed by atoms with E-state index < -0.39 is 0 Å². The van der Waals surface area contributed by atoms with E-state index in [0.29, 0.717) is 17.9 Å². The number of halogens is 1. The highest BCUT2D eigenvalue weighted by Gasteiger charge is 2.41. The lowest BCUT2D eigenvalue weighted by atomic mass is 9.64. The van der Waals surface area contributed by atoms with Crippen LogP contribution >= 0.6 is 11.6 Å². The fraction of sp³-hybridized carbons (Fsp3) is 0.625. The zero-order valence-corrected chi connectivity index (χ0v) is 12.9. The molecule has 1 aromatic carbocycles. The molecule has 0 radical (unpaired) electrons. The molecule has 1 aliphatic rings. The Hall–Kier alpha value is -0.730. The van der Waals surface area contributed by atoms with E-state index in [0.717, 1.165) is 23.6 Å². The van der Waals surface area contributed by atoms with E-state index in [1.165, 1.54) is 6.42 Å². The highest BCUT2D eigenvalue weighted by Crippen LogP contribution is 2.44. The normalized spacial score (nSPS) is 30.1. The molecular weight excluding hydrogens is 256 g/mol. The Kier molecular flexibility index (Phi) is 4.12. The largest absolute Gasteiger partial charge is 0.378 e. The molecule has 1 fully saturated rings. The number of nitrogens with two attached hydrogens (primary N) is 1. The van der Waals surface area contributed by atoms with Crippen LogP contribution in [0.4, 0.5) is 5.69 Å². The minimum atomic E-state index is -0.00809. The van der Waals surface area contributed by atoms with E-state index in [2.05, 4.69) is 32.2 Å². The summed E-state index contributed by atoms with van der Waals surface area (Å²) in [5, 5.41) is 4.43. The Bertz CT molecular complexity index is 444. The molecule has 106 valence electrons. The third-order valence-electron chi connectivity index (χ3n) is 4.08. The van der Waals surface area contributed by atoms with Crippen LogP contribution in [0.5, 0.6) is 0 Å². The Morgan fingerprint density at radius 1 is 1.37 bits per heavy atom. The van der Waals surface area contributed by atoms with Crippen molar-refractivity contribution in [1.29, 1.82) is 0 Å². The predicted octanol–water partition coefficient (Wildman–Crippen LogP) is 4.30. The number of anilines is 1. The molecule has 0 spiro atoms. The van der Waals surface area contributed by atoms with E-state index >= 15 is 0 Å². The Morgan fingerprint density at radius 2 is 2.11 bits per heavy atom. The van der Waals surface area contributed by atoms with Crippen LogP contribution in [0.25, 0.3) is 0 Å². The zero-order chi connectivity index (χ0) is 14.1. The molecule has 0 amide bonds. The molecule has 1 aromatic rings. The van der Waals surface area contributed by atoms with E-state index in [-0.39, 0.29) is 5.54 Å². The first kappa shape index (κ1) is 14.7. The van der Waals surface area contributed by atoms with Gasteiger partial charge in [-0.05, 0) is 48.8 Å². The fourth-order valence-corrected chi connectivity index (χ4v) is 4.11. The SMILES string of the molecule is CC1CC(C)(C)CC(CN)(Nc2cccc(Cl)c2)C1. The number of hydrogen-bond donors (Lipinski definition) is 2. The molecule has 0 bridgehead atoms. The number of rotatable bonds is 3. The average Bonchev–Trinajstić information content (AvgIpc) is 2.26. The van der Waals surface area contributed by atoms with Crippen molar-refractivity contribution in [3.63, 3.8) is 0 Å². The first-order valence-corrected chi connectivity index (χ1v) is 7.46. The van der Waals surface area contributed by atoms with Crippen LogP contribution in [0.3, 0.4) is 0 Å². The minimum Gasteiger partial charge on any atom is -0.378 e. The molecule has 2 atom stereocenters. The second-order valence-electron chi connectivity index (χ2n) is 6.97. The maximum atomic E-state index is 6.11. The van der Waals surface area contributed by atoms with Crippen LogP contribution in [-0.2, 0) is 0 Å². The lowest BCUT2D eigenvalue weighted by molar-refractivity contribution is 0.125. The minimum absolute atomic E-state index is 0.00809. The lowest BCUT2D eigenvalue weighted by Crippen LogP contribution is -2.52. The van der Waals surface area contributed by atoms with Gasteiger partial charge in [0.05, 0.1) is 5.54 Å². The molecule has 2 unspecified atom stereocenters. The summed E-state index contributed by atoms with van der Waals surface area (Å²) in [5.74, 6) is 0.694. The molecule has 0 heterocycles. The maximum absolute atomic E-state index is 6.11. The van der Waals surface area contributed by atoms with E-state index in [9.17, 15) is 0 Å². The van der Waals surface area contributed by atoms with Gasteiger partial charge in [-0.3, -0.25) is 0 Å². The molecule has 2 rings (SSSR count). The van der Waals surface area contributed by atoms with Gasteiger partial charge in [0.2, 0.25) is 0 Å². The van der Waals surface area contributed by atoms with Crippen LogP contribution < -0.4 is 11.1 Å². The van der Waals surface area contributed by atoms with Crippen molar-refractivity contribution in [1.82, 2.24) is 0 Å². The molecule has 3 N–H and O–H groups in total. The molecule has 19 heavy (non-hydrogen) atoms. The van der Waals surface area contributed by atoms with Crippen molar-refractivity contribution >= 4 is 17.3 Å². The van der Waals surface area contributed by atoms with Crippen LogP contribution in [0.2, 0.25) is 5.02 Å². The van der Waals surface area contributed by atoms with Crippen molar-refractivity contribution in [2.75, 3.05) is 11.9 Å². The van der Waals surface area contributed by atoms with Gasteiger partial charge in [-0.1, -0.05) is 38.4 Å². The predicted molar refractivity (Wildman–Crippen MR) is 83.7 cm³/mol. The standard InChI is InChI=1S/C16H25ClN2/c1-12-8-15(2,3)10-16(9-12,11-18)19-14-6-4-5-13(17)7-14/h4-7,12,19H,8-11,18H2,1-3H3. The summed E-state index contributed by atoms with van der Waals surface area (Å²) in [6.45, 7) is 7.66. The number of hydrogen-bond acceptors (Lipinski definition) is 2. The van der Waals surface area contributed by atoms with Crippen molar-refractivity contribution in [2.24, 2.45) is 17.1 Å². The highest BCUT2D eigenvalue weighted by atomic mass is 35.5. The Balaban J connectivity index is 2.22. The van der Waals surface area contributed by atoms with Crippen molar-refractivity contribution in [3.8, 4) is 0 Å². The van der Waals surface area contributed by atoms with Gasteiger partial charge in [-0.2, -0.15) is 0 Å². The van der Waals surface area contributed by atoms with E-state index in [4.69, 9.17) is 17.3 Å². The second kappa shape index (κ2) is 5.34. The summed E-state index contributed by atoms with van der Waals surface area (Å²) in [4.78, 5) is 0. The molecule has 1 aliphatic carbocycles. The van der Waals surface area contributed by atoms with Crippen molar-refractivity contribution in [2.45, 2.75) is 45.6 Å². The number of benzene rings is 1. The van der Waals surface area contributed by atoms with Gasteiger partial charge in [0, 0.05) is 17.3 Å². The van der Waals surface area contributed by atoms with Gasteiger partial charge >= 0.3 is 0 Å². The monoisotopic (exact) mass is 280 g/mol. The molecule has 0 aliphatic heterocycles. The number of nitrogens with one attached hydrogen (secondary N) is 1. The van der Waals surface area contributed by atoms with Crippen LogP contribution in [0.15, 0.2) is 24.3 Å². The summed E-state index contributed by atoms with van der Waals surface area (Å²) in [6.07, 6.45) is 3.50. The topological polar surface area (TPSA) is 38.0 Å². The average molecular weight is 281 g/mol. The first-order chi connectivity index (χ1) is 8.84. The molecule has 0 saturated heterocycles. The van der Waals surface area contributed by atoms with Gasteiger partial charge in [-0.15, -0.1) is 0 Å². The van der Waals surface area contributed by atoms with Crippen LogP contribution in [-0.4, -0.2) is 12.1 Å².